The molecule has 0 spiro atoms. The summed E-state index contributed by atoms with van der Waals surface area (Å²) in [6.07, 6.45) is 0.0267. The number of hydrogen-bond acceptors (Lipinski definition) is 9. The molecule has 0 radical (unpaired) electrons. The molecule has 0 unspecified atom stereocenters. The maximum absolute atomic E-state index is 13.7. The maximum Gasteiger partial charge on any atom is 0.321 e. The van der Waals surface area contributed by atoms with Crippen LogP contribution in [-0.4, -0.2) is 77.3 Å². The number of rotatable bonds is 15. The van der Waals surface area contributed by atoms with E-state index in [1.54, 1.807) is 13.8 Å². The number of esters is 2. The van der Waals surface area contributed by atoms with Crippen LogP contribution in [0.1, 0.15) is 68.7 Å². The number of thioether (sulfide) groups is 1. The smallest absolute Gasteiger partial charge is 0.321 e. The Balaban J connectivity index is 3.21. The van der Waals surface area contributed by atoms with Crippen LogP contribution in [-0.2, 0) is 37.5 Å². The molecule has 0 saturated carbocycles. The molecule has 0 aromatic rings. The fourth-order valence-electron chi connectivity index (χ4n) is 4.08. The highest BCUT2D eigenvalue weighted by Crippen LogP contribution is 2.41. The highest BCUT2D eigenvalue weighted by Gasteiger charge is 2.52. The van der Waals surface area contributed by atoms with Gasteiger partial charge in [0.05, 0.1) is 37.2 Å². The molecule has 9 nitrogen and oxygen atoms in total. The fourth-order valence-corrected chi connectivity index (χ4v) is 7.65. The van der Waals surface area contributed by atoms with E-state index in [9.17, 15) is 19.2 Å². The Labute approximate surface area is 254 Å². The summed E-state index contributed by atoms with van der Waals surface area (Å²) in [6.45, 7) is 27.3. The lowest BCUT2D eigenvalue weighted by Gasteiger charge is -2.47. The molecule has 1 aliphatic heterocycles. The quantitative estimate of drug-likeness (QED) is 0.107. The average Bonchev–Trinajstić information content (AvgIpc) is 2.79. The molecule has 238 valence electrons. The second-order valence-corrected chi connectivity index (χ2v) is 24.4. The van der Waals surface area contributed by atoms with Crippen molar-refractivity contribution >= 4 is 51.4 Å². The number of hydrogen-bond donors (Lipinski definition) is 1. The van der Waals surface area contributed by atoms with Crippen LogP contribution in [0, 0.1) is 17.8 Å². The number of carbonyl (C=O) groups is 4. The summed E-state index contributed by atoms with van der Waals surface area (Å²) in [4.78, 5) is 51.6. The molecule has 1 saturated heterocycles. The van der Waals surface area contributed by atoms with Crippen molar-refractivity contribution in [1.29, 1.82) is 0 Å². The van der Waals surface area contributed by atoms with Gasteiger partial charge in [-0.15, -0.1) is 0 Å². The topological polar surface area (TPSA) is 117 Å². The Hall–Kier alpha value is -1.22. The number of carbonyl (C=O) groups excluding carboxylic acids is 4. The highest BCUT2D eigenvalue weighted by molar-refractivity contribution is 8.13. The van der Waals surface area contributed by atoms with Crippen LogP contribution in [0.25, 0.3) is 0 Å². The van der Waals surface area contributed by atoms with Crippen molar-refractivity contribution in [3.05, 3.63) is 0 Å². The molecule has 1 aliphatic rings. The molecule has 1 fully saturated rings. The molecule has 1 amide bonds. The fraction of sp³-hybridized carbons (Fsp3) is 0.862. The van der Waals surface area contributed by atoms with Gasteiger partial charge in [-0.05, 0) is 63.5 Å². The van der Waals surface area contributed by atoms with Crippen LogP contribution in [0.3, 0.4) is 0 Å². The van der Waals surface area contributed by atoms with Gasteiger partial charge in [0.25, 0.3) is 0 Å². The molecule has 1 heterocycles. The number of nitrogens with one attached hydrogen (secondary N) is 1. The molecule has 12 heteroatoms. The third-order valence-electron chi connectivity index (χ3n) is 8.76. The van der Waals surface area contributed by atoms with E-state index in [1.165, 1.54) is 0 Å². The van der Waals surface area contributed by atoms with E-state index in [0.717, 1.165) is 11.8 Å². The first-order valence-electron chi connectivity index (χ1n) is 14.7. The van der Waals surface area contributed by atoms with Crippen LogP contribution in [0.15, 0.2) is 0 Å². The van der Waals surface area contributed by atoms with E-state index in [4.69, 9.17) is 18.3 Å². The number of amides is 1. The SMILES string of the molecule is CCOC(=O)C(CSC(=O)[C@H](CCO[Si](C)(C)C(C)(C)C)[C@H]1NC(=O)[C@@H]1[C@@H](C)O[Si](C)(C)C(C)(C)C)C(=O)OCC. The molecule has 0 bridgehead atoms. The first-order valence-corrected chi connectivity index (χ1v) is 21.5. The van der Waals surface area contributed by atoms with Gasteiger partial charge in [0.1, 0.15) is 0 Å². The summed E-state index contributed by atoms with van der Waals surface area (Å²) >= 11 is 0.906. The lowest BCUT2D eigenvalue weighted by atomic mass is 9.77. The standard InChI is InChI=1S/C29H55NO8SSi2/c1-14-35-25(32)21(26(33)36-15-2)18-39-27(34)20(16-17-37-40(10,11)28(4,5)6)23-22(24(31)30-23)19(3)38-41(12,13)29(7,8)9/h19-23H,14-18H2,1-13H3,(H,30,31)/t19-,20-,22-,23-/m1/s1. The number of ether oxygens (including phenoxy) is 2. The second kappa shape index (κ2) is 15.0. The third-order valence-corrected chi connectivity index (χ3v) is 19.0. The molecule has 4 atom stereocenters. The van der Waals surface area contributed by atoms with Gasteiger partial charge in [0, 0.05) is 12.4 Å². The number of β-lactam (4-membered cyclic amide) rings is 1. The minimum atomic E-state index is -2.17. The zero-order valence-electron chi connectivity index (χ0n) is 27.6. The van der Waals surface area contributed by atoms with E-state index in [0.29, 0.717) is 13.0 Å². The molecule has 0 aromatic carbocycles. The lowest BCUT2D eigenvalue weighted by Crippen LogP contribution is -2.67. The predicted molar refractivity (Wildman–Crippen MR) is 169 cm³/mol. The third kappa shape index (κ3) is 10.2. The van der Waals surface area contributed by atoms with E-state index < -0.39 is 52.4 Å². The molecule has 0 aliphatic carbocycles. The van der Waals surface area contributed by atoms with Crippen molar-refractivity contribution < 1.29 is 37.5 Å². The Morgan fingerprint density at radius 1 is 0.902 bits per heavy atom. The average molecular weight is 634 g/mol. The Morgan fingerprint density at radius 3 is 1.80 bits per heavy atom. The van der Waals surface area contributed by atoms with Crippen molar-refractivity contribution in [3.63, 3.8) is 0 Å². The highest BCUT2D eigenvalue weighted by atomic mass is 32.2. The summed E-state index contributed by atoms with van der Waals surface area (Å²) in [5, 5.41) is 2.73. The van der Waals surface area contributed by atoms with Gasteiger partial charge in [-0.3, -0.25) is 19.2 Å². The van der Waals surface area contributed by atoms with Gasteiger partial charge in [-0.2, -0.15) is 0 Å². The first-order chi connectivity index (χ1) is 18.6. The minimum absolute atomic E-state index is 0.00645. The second-order valence-electron chi connectivity index (χ2n) is 13.8. The van der Waals surface area contributed by atoms with Gasteiger partial charge in [-0.1, -0.05) is 53.3 Å². The molecule has 41 heavy (non-hydrogen) atoms. The van der Waals surface area contributed by atoms with E-state index >= 15 is 0 Å². The van der Waals surface area contributed by atoms with Gasteiger partial charge >= 0.3 is 11.9 Å². The monoisotopic (exact) mass is 633 g/mol. The van der Waals surface area contributed by atoms with Crippen molar-refractivity contribution in [1.82, 2.24) is 5.32 Å². The van der Waals surface area contributed by atoms with E-state index in [2.05, 4.69) is 73.0 Å². The van der Waals surface area contributed by atoms with Crippen molar-refractivity contribution in [3.8, 4) is 0 Å². The maximum atomic E-state index is 13.7. The van der Waals surface area contributed by atoms with E-state index in [1.807, 2.05) is 6.92 Å². The van der Waals surface area contributed by atoms with Gasteiger partial charge in [0.15, 0.2) is 27.7 Å². The molecule has 1 rings (SSSR count). The molecule has 1 N–H and O–H groups in total. The van der Waals surface area contributed by atoms with Gasteiger partial charge in [0.2, 0.25) is 5.91 Å². The normalized spacial score (nSPS) is 19.7. The van der Waals surface area contributed by atoms with E-state index in [-0.39, 0.29) is 46.2 Å². The Morgan fingerprint density at radius 2 is 1.39 bits per heavy atom. The lowest BCUT2D eigenvalue weighted by molar-refractivity contribution is -0.160. The van der Waals surface area contributed by atoms with Gasteiger partial charge in [-0.25, -0.2) is 0 Å². The van der Waals surface area contributed by atoms with Crippen LogP contribution in [0.5, 0.6) is 0 Å². The summed E-state index contributed by atoms with van der Waals surface area (Å²) in [5.74, 6) is -3.94. The van der Waals surface area contributed by atoms with Crippen molar-refractivity contribution in [2.24, 2.45) is 17.8 Å². The summed E-state index contributed by atoms with van der Waals surface area (Å²) in [5.41, 5.74) is 0. The van der Waals surface area contributed by atoms with Crippen LogP contribution < -0.4 is 5.32 Å². The zero-order valence-corrected chi connectivity index (χ0v) is 30.4. The molecular weight excluding hydrogens is 579 g/mol. The molecular formula is C29H55NO8SSi2. The van der Waals surface area contributed by atoms with Gasteiger partial charge < -0.3 is 23.6 Å². The van der Waals surface area contributed by atoms with Crippen LogP contribution >= 0.6 is 11.8 Å². The molecule has 0 aromatic heterocycles. The Bertz CT molecular complexity index is 911. The zero-order chi connectivity index (χ0) is 32.0. The first kappa shape index (κ1) is 37.8. The van der Waals surface area contributed by atoms with Crippen LogP contribution in [0.2, 0.25) is 36.3 Å². The minimum Gasteiger partial charge on any atom is -0.465 e. The predicted octanol–water partition coefficient (Wildman–Crippen LogP) is 5.54. The Kier molecular flexibility index (Phi) is 13.8. The summed E-state index contributed by atoms with van der Waals surface area (Å²) in [7, 11) is -4.24. The summed E-state index contributed by atoms with van der Waals surface area (Å²) in [6, 6.07) is -0.436. The van der Waals surface area contributed by atoms with Crippen molar-refractivity contribution in [2.75, 3.05) is 25.6 Å². The summed E-state index contributed by atoms with van der Waals surface area (Å²) < 4.78 is 23.1. The van der Waals surface area contributed by atoms with Crippen LogP contribution in [0.4, 0.5) is 0 Å². The van der Waals surface area contributed by atoms with Crippen molar-refractivity contribution in [2.45, 2.75) is 117 Å². The largest absolute Gasteiger partial charge is 0.465 e.